The third kappa shape index (κ3) is 2.32. The second-order valence-corrected chi connectivity index (χ2v) is 5.63. The molecule has 0 radical (unpaired) electrons. The third-order valence-electron chi connectivity index (χ3n) is 4.33. The lowest BCUT2D eigenvalue weighted by atomic mass is 10.1. The van der Waals surface area contributed by atoms with E-state index in [4.69, 9.17) is 0 Å². The van der Waals surface area contributed by atoms with Crippen LogP contribution in [0, 0.1) is 0 Å². The van der Waals surface area contributed by atoms with Crippen LogP contribution in [0.3, 0.4) is 0 Å². The van der Waals surface area contributed by atoms with Crippen LogP contribution < -0.4 is 0 Å². The maximum absolute atomic E-state index is 4.56. The molecule has 3 heterocycles. The number of likely N-dealkylation sites (tertiary alicyclic amines) is 1. The molecule has 0 amide bonds. The molecule has 0 saturated carbocycles. The fourth-order valence-corrected chi connectivity index (χ4v) is 3.33. The summed E-state index contributed by atoms with van der Waals surface area (Å²) in [5.41, 5.74) is 3.65. The van der Waals surface area contributed by atoms with Crippen LogP contribution >= 0.6 is 0 Å². The molecule has 3 aromatic rings. The molecule has 1 atom stereocenters. The van der Waals surface area contributed by atoms with Crippen LogP contribution in [-0.4, -0.2) is 26.6 Å². The normalized spacial score (nSPS) is 19.3. The van der Waals surface area contributed by atoms with E-state index in [0.717, 1.165) is 18.6 Å². The molecule has 1 saturated heterocycles. The molecule has 106 valence electrons. The zero-order chi connectivity index (χ0) is 14.1. The van der Waals surface area contributed by atoms with Gasteiger partial charge in [-0.1, -0.05) is 24.3 Å². The van der Waals surface area contributed by atoms with Crippen LogP contribution in [0.5, 0.6) is 0 Å². The van der Waals surface area contributed by atoms with Gasteiger partial charge in [0.15, 0.2) is 0 Å². The summed E-state index contributed by atoms with van der Waals surface area (Å²) in [7, 11) is 0. The Morgan fingerprint density at radius 2 is 2.10 bits per heavy atom. The number of aromatic amines is 1. The first-order chi connectivity index (χ1) is 10.4. The van der Waals surface area contributed by atoms with Gasteiger partial charge in [0.2, 0.25) is 0 Å². The van der Waals surface area contributed by atoms with Crippen molar-refractivity contribution in [3.8, 4) is 0 Å². The third-order valence-corrected chi connectivity index (χ3v) is 4.33. The van der Waals surface area contributed by atoms with E-state index in [1.54, 1.807) is 0 Å². The summed E-state index contributed by atoms with van der Waals surface area (Å²) >= 11 is 0. The smallest absolute Gasteiger partial charge is 0.0746 e. The van der Waals surface area contributed by atoms with Crippen molar-refractivity contribution < 1.29 is 0 Å². The molecule has 1 N–H and O–H groups in total. The maximum Gasteiger partial charge on any atom is 0.0746 e. The summed E-state index contributed by atoms with van der Waals surface area (Å²) in [5, 5.41) is 8.43. The fourth-order valence-electron chi connectivity index (χ4n) is 3.33. The Kier molecular flexibility index (Phi) is 3.16. The zero-order valence-electron chi connectivity index (χ0n) is 11.9. The lowest BCUT2D eigenvalue weighted by molar-refractivity contribution is 0.245. The number of pyridine rings is 1. The molecule has 0 unspecified atom stereocenters. The lowest BCUT2D eigenvalue weighted by Crippen LogP contribution is -2.23. The number of hydrogen-bond acceptors (Lipinski definition) is 3. The molecule has 1 aliphatic heterocycles. The number of aromatic nitrogens is 3. The van der Waals surface area contributed by atoms with Crippen LogP contribution in [0.1, 0.15) is 30.1 Å². The number of nitrogens with one attached hydrogen (secondary N) is 1. The van der Waals surface area contributed by atoms with Gasteiger partial charge in [-0.15, -0.1) is 0 Å². The van der Waals surface area contributed by atoms with Gasteiger partial charge in [0, 0.05) is 24.3 Å². The Morgan fingerprint density at radius 3 is 3.00 bits per heavy atom. The second-order valence-electron chi connectivity index (χ2n) is 5.63. The van der Waals surface area contributed by atoms with E-state index in [9.17, 15) is 0 Å². The number of hydrogen-bond donors (Lipinski definition) is 1. The number of H-pyrrole nitrogens is 1. The highest BCUT2D eigenvalue weighted by Gasteiger charge is 2.27. The van der Waals surface area contributed by atoms with Crippen molar-refractivity contribution in [2.75, 3.05) is 6.54 Å². The molecular formula is C17H18N4. The summed E-state index contributed by atoms with van der Waals surface area (Å²) in [5.74, 6) is 0. The summed E-state index contributed by atoms with van der Waals surface area (Å²) in [6, 6.07) is 13.1. The van der Waals surface area contributed by atoms with E-state index in [-0.39, 0.29) is 0 Å². The van der Waals surface area contributed by atoms with Crippen LogP contribution in [-0.2, 0) is 6.54 Å². The first kappa shape index (κ1) is 12.5. The Bertz CT molecular complexity index is 730. The quantitative estimate of drug-likeness (QED) is 0.799. The lowest BCUT2D eigenvalue weighted by Gasteiger charge is -2.23. The van der Waals surface area contributed by atoms with E-state index in [0.29, 0.717) is 6.04 Å². The predicted octanol–water partition coefficient (Wildman–Crippen LogP) is 3.30. The number of nitrogens with zero attached hydrogens (tertiary/aromatic N) is 3. The van der Waals surface area contributed by atoms with Gasteiger partial charge in [0.05, 0.1) is 17.3 Å². The SMILES string of the molecule is c1cnc2c(CN3CCC[C@@H]3c3ccn[nH]3)cccc2c1. The van der Waals surface area contributed by atoms with Crippen molar-refractivity contribution in [1.29, 1.82) is 0 Å². The minimum atomic E-state index is 0.450. The minimum absolute atomic E-state index is 0.450. The summed E-state index contributed by atoms with van der Waals surface area (Å²) in [6.45, 7) is 2.07. The topological polar surface area (TPSA) is 44.8 Å². The van der Waals surface area contributed by atoms with Crippen LogP contribution in [0.25, 0.3) is 10.9 Å². The molecule has 1 fully saturated rings. The number of para-hydroxylation sites is 1. The van der Waals surface area contributed by atoms with Gasteiger partial charge in [0.1, 0.15) is 0 Å². The highest BCUT2D eigenvalue weighted by Crippen LogP contribution is 2.32. The molecule has 0 bridgehead atoms. The Balaban J connectivity index is 1.65. The molecule has 4 heteroatoms. The van der Waals surface area contributed by atoms with Gasteiger partial charge in [0.25, 0.3) is 0 Å². The average molecular weight is 278 g/mol. The molecule has 4 nitrogen and oxygen atoms in total. The van der Waals surface area contributed by atoms with Crippen molar-refractivity contribution in [1.82, 2.24) is 20.1 Å². The molecule has 4 rings (SSSR count). The molecule has 0 spiro atoms. The summed E-state index contributed by atoms with van der Waals surface area (Å²) < 4.78 is 0. The van der Waals surface area contributed by atoms with E-state index in [2.05, 4.69) is 50.4 Å². The standard InChI is InChI=1S/C17H18N4/c1-4-13-6-2-9-18-17(13)14(5-1)12-21-11-3-7-16(21)15-8-10-19-20-15/h1-2,4-6,8-10,16H,3,7,11-12H2,(H,19,20)/t16-/m1/s1. The fraction of sp³-hybridized carbons (Fsp3) is 0.294. The Hall–Kier alpha value is -2.20. The summed E-state index contributed by atoms with van der Waals surface area (Å²) in [6.07, 6.45) is 6.15. The van der Waals surface area contributed by atoms with Crippen LogP contribution in [0.2, 0.25) is 0 Å². The minimum Gasteiger partial charge on any atom is -0.290 e. The van der Waals surface area contributed by atoms with Crippen LogP contribution in [0.4, 0.5) is 0 Å². The van der Waals surface area contributed by atoms with Gasteiger partial charge in [-0.05, 0) is 37.1 Å². The number of benzene rings is 1. The monoisotopic (exact) mass is 278 g/mol. The molecule has 0 aliphatic carbocycles. The molecule has 2 aromatic heterocycles. The van der Waals surface area contributed by atoms with E-state index < -0.39 is 0 Å². The number of fused-ring (bicyclic) bond motifs is 1. The Morgan fingerprint density at radius 1 is 1.14 bits per heavy atom. The van der Waals surface area contributed by atoms with Crippen molar-refractivity contribution in [3.05, 3.63) is 60.0 Å². The maximum atomic E-state index is 4.56. The van der Waals surface area contributed by atoms with E-state index in [1.165, 1.54) is 29.5 Å². The van der Waals surface area contributed by atoms with E-state index in [1.807, 2.05) is 18.5 Å². The van der Waals surface area contributed by atoms with Gasteiger partial charge in [-0.2, -0.15) is 5.10 Å². The van der Waals surface area contributed by atoms with Crippen molar-refractivity contribution >= 4 is 10.9 Å². The van der Waals surface area contributed by atoms with Gasteiger partial charge in [-0.3, -0.25) is 15.0 Å². The average Bonchev–Trinajstić information content (AvgIpc) is 3.18. The first-order valence-electron chi connectivity index (χ1n) is 7.48. The largest absolute Gasteiger partial charge is 0.290 e. The van der Waals surface area contributed by atoms with Crippen molar-refractivity contribution in [3.63, 3.8) is 0 Å². The Labute approximate surface area is 123 Å². The zero-order valence-corrected chi connectivity index (χ0v) is 11.9. The molecule has 1 aliphatic rings. The predicted molar refractivity (Wildman–Crippen MR) is 82.7 cm³/mol. The highest BCUT2D eigenvalue weighted by molar-refractivity contribution is 5.81. The molecular weight excluding hydrogens is 260 g/mol. The first-order valence-corrected chi connectivity index (χ1v) is 7.48. The molecule has 21 heavy (non-hydrogen) atoms. The highest BCUT2D eigenvalue weighted by atomic mass is 15.2. The van der Waals surface area contributed by atoms with Crippen molar-refractivity contribution in [2.45, 2.75) is 25.4 Å². The van der Waals surface area contributed by atoms with Crippen molar-refractivity contribution in [2.24, 2.45) is 0 Å². The van der Waals surface area contributed by atoms with Crippen LogP contribution in [0.15, 0.2) is 48.8 Å². The summed E-state index contributed by atoms with van der Waals surface area (Å²) in [4.78, 5) is 7.09. The molecule has 1 aromatic carbocycles. The second kappa shape index (κ2) is 5.30. The number of rotatable bonds is 3. The van der Waals surface area contributed by atoms with E-state index >= 15 is 0 Å². The van der Waals surface area contributed by atoms with Gasteiger partial charge in [-0.25, -0.2) is 0 Å². The van der Waals surface area contributed by atoms with Gasteiger partial charge >= 0.3 is 0 Å². The van der Waals surface area contributed by atoms with Gasteiger partial charge < -0.3 is 0 Å².